The van der Waals surface area contributed by atoms with E-state index in [4.69, 9.17) is 0 Å². The lowest BCUT2D eigenvalue weighted by Crippen LogP contribution is -1.84. The maximum absolute atomic E-state index is 4.04. The fourth-order valence-corrected chi connectivity index (χ4v) is 0.932. The molecule has 0 saturated carbocycles. The molecule has 0 amide bonds. The Bertz CT molecular complexity index is 173. The van der Waals surface area contributed by atoms with Crippen LogP contribution in [0.2, 0.25) is 0 Å². The average Bonchev–Trinajstić information content (AvgIpc) is 1.85. The summed E-state index contributed by atoms with van der Waals surface area (Å²) < 4.78 is 2.71. The Kier molecular flexibility index (Phi) is 1.38. The first-order chi connectivity index (χ1) is 3.70. The second-order valence-corrected chi connectivity index (χ2v) is 2.53. The lowest BCUT2D eigenvalue weighted by atomic mass is 10.4. The third-order valence-electron chi connectivity index (χ3n) is 0.951. The van der Waals surface area contributed by atoms with Crippen LogP contribution in [0.3, 0.4) is 0 Å². The highest BCUT2D eigenvalue weighted by molar-refractivity contribution is 9.10. The molecule has 0 aliphatic heterocycles. The maximum atomic E-state index is 4.04. The van der Waals surface area contributed by atoms with Crippen LogP contribution < -0.4 is 0 Å². The minimum atomic E-state index is 0.931. The summed E-state index contributed by atoms with van der Waals surface area (Å²) in [6.45, 7) is 2.01. The fourth-order valence-electron chi connectivity index (χ4n) is 0.580. The van der Waals surface area contributed by atoms with E-state index in [1.54, 1.807) is 4.68 Å². The monoisotopic (exact) mass is 174 g/mol. The quantitative estimate of drug-likeness (QED) is 0.584. The molecule has 0 aliphatic carbocycles. The zero-order chi connectivity index (χ0) is 6.15. The second kappa shape index (κ2) is 1.90. The van der Waals surface area contributed by atoms with Crippen LogP contribution in [-0.4, -0.2) is 9.78 Å². The van der Waals surface area contributed by atoms with Crippen LogP contribution in [0.5, 0.6) is 0 Å². The first-order valence-electron chi connectivity index (χ1n) is 2.36. The molecule has 0 saturated heterocycles. The molecule has 1 aromatic heterocycles. The second-order valence-electron chi connectivity index (χ2n) is 1.78. The van der Waals surface area contributed by atoms with Gasteiger partial charge in [-0.2, -0.15) is 5.10 Å². The molecule has 0 unspecified atom stereocenters. The minimum absolute atomic E-state index is 0.931. The van der Waals surface area contributed by atoms with Gasteiger partial charge in [0.15, 0.2) is 0 Å². The van der Waals surface area contributed by atoms with E-state index in [9.17, 15) is 0 Å². The smallest absolute Gasteiger partial charge is 0.131 e. The predicted octanol–water partition coefficient (Wildman–Crippen LogP) is 1.49. The number of nitrogens with zero attached hydrogens (tertiary/aromatic N) is 2. The molecular formula is C5H7BrN2. The molecule has 0 N–H and O–H groups in total. The van der Waals surface area contributed by atoms with E-state index in [0.717, 1.165) is 4.60 Å². The van der Waals surface area contributed by atoms with Crippen LogP contribution in [0.15, 0.2) is 10.8 Å². The molecule has 1 heterocycles. The van der Waals surface area contributed by atoms with Gasteiger partial charge in [-0.25, -0.2) is 0 Å². The van der Waals surface area contributed by atoms with Crippen molar-refractivity contribution in [1.29, 1.82) is 0 Å². The molecule has 0 radical (unpaired) electrons. The van der Waals surface area contributed by atoms with Gasteiger partial charge in [-0.05, 0) is 22.9 Å². The molecule has 0 atom stereocenters. The van der Waals surface area contributed by atoms with Gasteiger partial charge >= 0.3 is 0 Å². The van der Waals surface area contributed by atoms with Crippen molar-refractivity contribution in [3.05, 3.63) is 16.4 Å². The van der Waals surface area contributed by atoms with Crippen molar-refractivity contribution in [2.45, 2.75) is 6.92 Å². The van der Waals surface area contributed by atoms with E-state index in [0.29, 0.717) is 0 Å². The van der Waals surface area contributed by atoms with Gasteiger partial charge in [0.2, 0.25) is 0 Å². The molecule has 0 aromatic carbocycles. The summed E-state index contributed by atoms with van der Waals surface area (Å²) in [7, 11) is 1.90. The highest BCUT2D eigenvalue weighted by Gasteiger charge is 1.94. The van der Waals surface area contributed by atoms with E-state index >= 15 is 0 Å². The number of hydrogen-bond donors (Lipinski definition) is 0. The van der Waals surface area contributed by atoms with Crippen molar-refractivity contribution >= 4 is 15.9 Å². The van der Waals surface area contributed by atoms with Crippen molar-refractivity contribution in [3.8, 4) is 0 Å². The van der Waals surface area contributed by atoms with Crippen LogP contribution in [-0.2, 0) is 7.05 Å². The molecule has 2 nitrogen and oxygen atoms in total. The molecule has 44 valence electrons. The lowest BCUT2D eigenvalue weighted by Gasteiger charge is -1.78. The summed E-state index contributed by atoms with van der Waals surface area (Å²) in [5.41, 5.74) is 1.17. The summed E-state index contributed by atoms with van der Waals surface area (Å²) in [6, 6.07) is 0. The van der Waals surface area contributed by atoms with E-state index in [1.165, 1.54) is 5.56 Å². The molecule has 0 fully saturated rings. The molecule has 1 aromatic rings. The summed E-state index contributed by atoms with van der Waals surface area (Å²) in [6.07, 6.45) is 1.96. The van der Waals surface area contributed by atoms with Gasteiger partial charge in [0.25, 0.3) is 0 Å². The molecule has 0 bridgehead atoms. The Balaban J connectivity index is 3.14. The first-order valence-corrected chi connectivity index (χ1v) is 3.15. The van der Waals surface area contributed by atoms with Gasteiger partial charge in [-0.15, -0.1) is 0 Å². The predicted molar refractivity (Wildman–Crippen MR) is 35.6 cm³/mol. The van der Waals surface area contributed by atoms with Crippen LogP contribution >= 0.6 is 15.9 Å². The largest absolute Gasteiger partial charge is 0.274 e. The van der Waals surface area contributed by atoms with E-state index in [1.807, 2.05) is 20.2 Å². The Labute approximate surface area is 56.6 Å². The van der Waals surface area contributed by atoms with Crippen LogP contribution in [0.4, 0.5) is 0 Å². The standard InChI is InChI=1S/C5H7BrN2/c1-4-3-8(2)7-5(4)6/h3H,1-2H3. The Morgan fingerprint density at radius 2 is 2.38 bits per heavy atom. The highest BCUT2D eigenvalue weighted by Crippen LogP contribution is 2.10. The Morgan fingerprint density at radius 1 is 1.75 bits per heavy atom. The SMILES string of the molecule is Cc1cn(C)nc1Br. The lowest BCUT2D eigenvalue weighted by molar-refractivity contribution is 0.760. The van der Waals surface area contributed by atoms with Crippen LogP contribution in [0, 0.1) is 6.92 Å². The third-order valence-corrected chi connectivity index (χ3v) is 1.74. The number of hydrogen-bond acceptors (Lipinski definition) is 1. The molecule has 3 heteroatoms. The molecule has 1 rings (SSSR count). The normalized spacial score (nSPS) is 9.88. The zero-order valence-corrected chi connectivity index (χ0v) is 6.44. The fraction of sp³-hybridized carbons (Fsp3) is 0.400. The van der Waals surface area contributed by atoms with Crippen LogP contribution in [0.1, 0.15) is 5.56 Å². The summed E-state index contributed by atoms with van der Waals surface area (Å²) in [5, 5.41) is 4.04. The third kappa shape index (κ3) is 0.916. The zero-order valence-electron chi connectivity index (χ0n) is 4.85. The molecule has 8 heavy (non-hydrogen) atoms. The van der Waals surface area contributed by atoms with E-state index in [2.05, 4.69) is 21.0 Å². The molecular weight excluding hydrogens is 168 g/mol. The molecule has 0 aliphatic rings. The summed E-state index contributed by atoms with van der Waals surface area (Å²) in [5.74, 6) is 0. The molecule has 0 spiro atoms. The van der Waals surface area contributed by atoms with E-state index in [-0.39, 0.29) is 0 Å². The van der Waals surface area contributed by atoms with Gasteiger partial charge < -0.3 is 0 Å². The number of aromatic nitrogens is 2. The maximum Gasteiger partial charge on any atom is 0.131 e. The topological polar surface area (TPSA) is 17.8 Å². The summed E-state index contributed by atoms with van der Waals surface area (Å²) in [4.78, 5) is 0. The number of aryl methyl sites for hydroxylation is 2. The number of rotatable bonds is 0. The highest BCUT2D eigenvalue weighted by atomic mass is 79.9. The average molecular weight is 175 g/mol. The Hall–Kier alpha value is -0.310. The van der Waals surface area contributed by atoms with Gasteiger partial charge in [0.05, 0.1) is 0 Å². The van der Waals surface area contributed by atoms with E-state index < -0.39 is 0 Å². The summed E-state index contributed by atoms with van der Waals surface area (Å²) >= 11 is 3.28. The minimum Gasteiger partial charge on any atom is -0.274 e. The van der Waals surface area contributed by atoms with Crippen LogP contribution in [0.25, 0.3) is 0 Å². The van der Waals surface area contributed by atoms with Gasteiger partial charge in [0, 0.05) is 18.8 Å². The van der Waals surface area contributed by atoms with Gasteiger partial charge in [-0.3, -0.25) is 4.68 Å². The van der Waals surface area contributed by atoms with Crippen molar-refractivity contribution < 1.29 is 0 Å². The van der Waals surface area contributed by atoms with Gasteiger partial charge in [-0.1, -0.05) is 0 Å². The van der Waals surface area contributed by atoms with Gasteiger partial charge in [0.1, 0.15) is 4.60 Å². The van der Waals surface area contributed by atoms with Crippen molar-refractivity contribution in [2.75, 3.05) is 0 Å². The number of halogens is 1. The van der Waals surface area contributed by atoms with Crippen molar-refractivity contribution in [1.82, 2.24) is 9.78 Å². The Morgan fingerprint density at radius 3 is 2.50 bits per heavy atom. The van der Waals surface area contributed by atoms with Crippen molar-refractivity contribution in [3.63, 3.8) is 0 Å². The first kappa shape index (κ1) is 5.82. The van der Waals surface area contributed by atoms with Crippen molar-refractivity contribution in [2.24, 2.45) is 7.05 Å².